The first-order chi connectivity index (χ1) is 9.19. The van der Waals surface area contributed by atoms with Crippen LogP contribution in [0.4, 0.5) is 0 Å². The summed E-state index contributed by atoms with van der Waals surface area (Å²) in [5.41, 5.74) is 0.349. The third-order valence-electron chi connectivity index (χ3n) is 2.38. The van der Waals surface area contributed by atoms with Crippen LogP contribution in [0.15, 0.2) is 24.3 Å². The SMILES string of the molecule is CCOCC(COCC)OC(=O)c1ccccc1Cl. The summed E-state index contributed by atoms with van der Waals surface area (Å²) < 4.78 is 15.9. The lowest BCUT2D eigenvalue weighted by Crippen LogP contribution is -2.28. The van der Waals surface area contributed by atoms with Crippen LogP contribution in [0.1, 0.15) is 24.2 Å². The summed E-state index contributed by atoms with van der Waals surface area (Å²) in [6, 6.07) is 6.78. The fraction of sp³-hybridized carbons (Fsp3) is 0.500. The van der Waals surface area contributed by atoms with Crippen molar-refractivity contribution in [1.29, 1.82) is 0 Å². The molecule has 0 bridgehead atoms. The van der Waals surface area contributed by atoms with E-state index in [1.165, 1.54) is 0 Å². The molecule has 0 aliphatic heterocycles. The molecule has 5 heteroatoms. The molecule has 106 valence electrons. The molecule has 0 aliphatic carbocycles. The van der Waals surface area contributed by atoms with Crippen LogP contribution in [0.25, 0.3) is 0 Å². The summed E-state index contributed by atoms with van der Waals surface area (Å²) in [5.74, 6) is -0.463. The summed E-state index contributed by atoms with van der Waals surface area (Å²) in [4.78, 5) is 12.0. The average Bonchev–Trinajstić information content (AvgIpc) is 2.42. The van der Waals surface area contributed by atoms with Gasteiger partial charge in [-0.15, -0.1) is 0 Å². The van der Waals surface area contributed by atoms with Gasteiger partial charge >= 0.3 is 5.97 Å². The molecule has 0 unspecified atom stereocenters. The number of carbonyl (C=O) groups is 1. The predicted molar refractivity (Wildman–Crippen MR) is 73.6 cm³/mol. The first-order valence-corrected chi connectivity index (χ1v) is 6.67. The highest BCUT2D eigenvalue weighted by molar-refractivity contribution is 6.33. The quantitative estimate of drug-likeness (QED) is 0.689. The monoisotopic (exact) mass is 286 g/mol. The van der Waals surface area contributed by atoms with Crippen molar-refractivity contribution in [3.05, 3.63) is 34.9 Å². The number of rotatable bonds is 8. The number of benzene rings is 1. The molecule has 0 aliphatic rings. The van der Waals surface area contributed by atoms with Crippen LogP contribution >= 0.6 is 11.6 Å². The Morgan fingerprint density at radius 1 is 1.16 bits per heavy atom. The molecule has 0 N–H and O–H groups in total. The van der Waals surface area contributed by atoms with Crippen molar-refractivity contribution in [3.8, 4) is 0 Å². The molecule has 1 aromatic carbocycles. The highest BCUT2D eigenvalue weighted by Crippen LogP contribution is 2.16. The Hall–Kier alpha value is -1.10. The van der Waals surface area contributed by atoms with Crippen LogP contribution in [-0.4, -0.2) is 38.5 Å². The number of hydrogen-bond acceptors (Lipinski definition) is 4. The van der Waals surface area contributed by atoms with E-state index in [9.17, 15) is 4.79 Å². The molecular weight excluding hydrogens is 268 g/mol. The second kappa shape index (κ2) is 8.91. The van der Waals surface area contributed by atoms with Crippen molar-refractivity contribution in [2.75, 3.05) is 26.4 Å². The van der Waals surface area contributed by atoms with Gasteiger partial charge in [0.2, 0.25) is 0 Å². The molecule has 0 heterocycles. The lowest BCUT2D eigenvalue weighted by atomic mass is 10.2. The van der Waals surface area contributed by atoms with Gasteiger partial charge in [-0.25, -0.2) is 4.79 Å². The Bertz CT molecular complexity index is 387. The molecule has 0 amide bonds. The lowest BCUT2D eigenvalue weighted by Gasteiger charge is -2.17. The maximum absolute atomic E-state index is 12.0. The number of halogens is 1. The second-order valence-electron chi connectivity index (χ2n) is 3.83. The summed E-state index contributed by atoms with van der Waals surface area (Å²) in [6.07, 6.45) is -0.427. The van der Waals surface area contributed by atoms with E-state index < -0.39 is 12.1 Å². The maximum atomic E-state index is 12.0. The summed E-state index contributed by atoms with van der Waals surface area (Å²) in [5, 5.41) is 0.374. The minimum atomic E-state index is -0.463. The molecule has 0 radical (unpaired) electrons. The van der Waals surface area contributed by atoms with E-state index >= 15 is 0 Å². The van der Waals surface area contributed by atoms with E-state index in [2.05, 4.69) is 0 Å². The van der Waals surface area contributed by atoms with Gasteiger partial charge in [0.05, 0.1) is 23.8 Å². The molecule has 1 aromatic rings. The molecule has 0 atom stereocenters. The third kappa shape index (κ3) is 5.59. The van der Waals surface area contributed by atoms with Crippen LogP contribution in [-0.2, 0) is 14.2 Å². The van der Waals surface area contributed by atoms with Crippen molar-refractivity contribution >= 4 is 17.6 Å². The summed E-state index contributed by atoms with van der Waals surface area (Å²) >= 11 is 5.95. The van der Waals surface area contributed by atoms with Crippen molar-refractivity contribution in [2.45, 2.75) is 20.0 Å². The fourth-order valence-electron chi connectivity index (χ4n) is 1.46. The molecule has 0 saturated heterocycles. The van der Waals surface area contributed by atoms with E-state index in [-0.39, 0.29) is 0 Å². The third-order valence-corrected chi connectivity index (χ3v) is 2.71. The molecule has 0 spiro atoms. The van der Waals surface area contributed by atoms with Gasteiger partial charge in [0.25, 0.3) is 0 Å². The number of carbonyl (C=O) groups excluding carboxylic acids is 1. The molecular formula is C14H19ClO4. The Labute approximate surface area is 118 Å². The highest BCUT2D eigenvalue weighted by Gasteiger charge is 2.18. The van der Waals surface area contributed by atoms with E-state index in [4.69, 9.17) is 25.8 Å². The summed E-state index contributed by atoms with van der Waals surface area (Å²) in [6.45, 7) is 5.51. The predicted octanol–water partition coefficient (Wildman–Crippen LogP) is 2.94. The largest absolute Gasteiger partial charge is 0.454 e. The zero-order valence-electron chi connectivity index (χ0n) is 11.2. The van der Waals surface area contributed by atoms with Crippen LogP contribution in [0.3, 0.4) is 0 Å². The number of esters is 1. The lowest BCUT2D eigenvalue weighted by molar-refractivity contribution is -0.0363. The standard InChI is InChI=1S/C14H19ClO4/c1-3-17-9-11(10-18-4-2)19-14(16)12-7-5-6-8-13(12)15/h5-8,11H,3-4,9-10H2,1-2H3. The maximum Gasteiger partial charge on any atom is 0.340 e. The van der Waals surface area contributed by atoms with Crippen molar-refractivity contribution in [1.82, 2.24) is 0 Å². The molecule has 19 heavy (non-hydrogen) atoms. The van der Waals surface area contributed by atoms with Crippen LogP contribution in [0.2, 0.25) is 5.02 Å². The van der Waals surface area contributed by atoms with Crippen molar-refractivity contribution in [3.63, 3.8) is 0 Å². The zero-order chi connectivity index (χ0) is 14.1. The molecule has 0 saturated carbocycles. The Morgan fingerprint density at radius 3 is 2.26 bits per heavy atom. The topological polar surface area (TPSA) is 44.8 Å². The van der Waals surface area contributed by atoms with E-state index in [1.807, 2.05) is 13.8 Å². The van der Waals surface area contributed by atoms with E-state index in [1.54, 1.807) is 24.3 Å². The number of ether oxygens (including phenoxy) is 3. The van der Waals surface area contributed by atoms with E-state index in [0.29, 0.717) is 37.0 Å². The molecule has 0 fully saturated rings. The molecule has 0 aromatic heterocycles. The first-order valence-electron chi connectivity index (χ1n) is 6.30. The van der Waals surface area contributed by atoms with Gasteiger partial charge in [-0.2, -0.15) is 0 Å². The van der Waals surface area contributed by atoms with E-state index in [0.717, 1.165) is 0 Å². The highest BCUT2D eigenvalue weighted by atomic mass is 35.5. The van der Waals surface area contributed by atoms with Crippen LogP contribution < -0.4 is 0 Å². The first kappa shape index (κ1) is 16.0. The summed E-state index contributed by atoms with van der Waals surface area (Å²) in [7, 11) is 0. The number of hydrogen-bond donors (Lipinski definition) is 0. The van der Waals surface area contributed by atoms with Crippen molar-refractivity contribution in [2.24, 2.45) is 0 Å². The van der Waals surface area contributed by atoms with Gasteiger partial charge in [0.15, 0.2) is 0 Å². The smallest absolute Gasteiger partial charge is 0.340 e. The average molecular weight is 287 g/mol. The Morgan fingerprint density at radius 2 is 1.74 bits per heavy atom. The van der Waals surface area contributed by atoms with Gasteiger partial charge in [-0.1, -0.05) is 23.7 Å². The Kier molecular flexibility index (Phi) is 7.48. The molecule has 1 rings (SSSR count). The van der Waals surface area contributed by atoms with Crippen LogP contribution in [0, 0.1) is 0 Å². The minimum Gasteiger partial charge on any atom is -0.454 e. The normalized spacial score (nSPS) is 10.7. The van der Waals surface area contributed by atoms with Gasteiger partial charge in [0.1, 0.15) is 6.10 Å². The molecule has 4 nitrogen and oxygen atoms in total. The Balaban J connectivity index is 2.61. The van der Waals surface area contributed by atoms with Crippen molar-refractivity contribution < 1.29 is 19.0 Å². The van der Waals surface area contributed by atoms with Gasteiger partial charge in [0, 0.05) is 13.2 Å². The second-order valence-corrected chi connectivity index (χ2v) is 4.23. The zero-order valence-corrected chi connectivity index (χ0v) is 12.0. The fourth-order valence-corrected chi connectivity index (χ4v) is 1.67. The minimum absolute atomic E-state index is 0.312. The van der Waals surface area contributed by atoms with Crippen LogP contribution in [0.5, 0.6) is 0 Å². The van der Waals surface area contributed by atoms with Gasteiger partial charge in [-0.3, -0.25) is 0 Å². The van der Waals surface area contributed by atoms with Gasteiger partial charge in [-0.05, 0) is 26.0 Å². The van der Waals surface area contributed by atoms with Gasteiger partial charge < -0.3 is 14.2 Å².